The van der Waals surface area contributed by atoms with Crippen LogP contribution in [0.2, 0.25) is 0 Å². The molecule has 1 saturated heterocycles. The Bertz CT molecular complexity index is 751. The maximum absolute atomic E-state index is 12.6. The number of para-hydroxylation sites is 1. The number of aryl methyl sites for hydroxylation is 1. The topological polar surface area (TPSA) is 41.6 Å². The smallest absolute Gasteiger partial charge is 0.255 e. The molecule has 0 aliphatic carbocycles. The highest BCUT2D eigenvalue weighted by Crippen LogP contribution is 2.23. The average Bonchev–Trinajstić information content (AvgIpc) is 2.68. The van der Waals surface area contributed by atoms with Crippen molar-refractivity contribution in [3.05, 3.63) is 59.7 Å². The van der Waals surface area contributed by atoms with E-state index in [9.17, 15) is 4.79 Å². The van der Waals surface area contributed by atoms with E-state index in [2.05, 4.69) is 23.3 Å². The lowest BCUT2D eigenvalue weighted by atomic mass is 9.96. The molecule has 4 nitrogen and oxygen atoms in total. The first kappa shape index (κ1) is 21.3. The third kappa shape index (κ3) is 5.72. The number of ether oxygens (including phenoxy) is 1. The van der Waals surface area contributed by atoms with Crippen LogP contribution in [0.15, 0.2) is 48.5 Å². The highest BCUT2D eigenvalue weighted by atomic mass is 35.5. The van der Waals surface area contributed by atoms with E-state index >= 15 is 0 Å². The van der Waals surface area contributed by atoms with Crippen LogP contribution in [0.25, 0.3) is 0 Å². The molecule has 1 aliphatic rings. The predicted octanol–water partition coefficient (Wildman–Crippen LogP) is 4.79. The van der Waals surface area contributed by atoms with Gasteiger partial charge in [-0.2, -0.15) is 0 Å². The fraction of sp³-hybridized carbons (Fsp3) is 0.409. The van der Waals surface area contributed by atoms with E-state index in [-0.39, 0.29) is 18.3 Å². The van der Waals surface area contributed by atoms with Crippen LogP contribution in [0.5, 0.6) is 5.75 Å². The number of carbonyl (C=O) groups excluding carboxylic acids is 1. The van der Waals surface area contributed by atoms with Crippen molar-refractivity contribution in [2.24, 2.45) is 0 Å². The molecular formula is C22H29ClN2O2. The molecule has 1 amide bonds. The minimum Gasteiger partial charge on any atom is -0.497 e. The van der Waals surface area contributed by atoms with Gasteiger partial charge in [0, 0.05) is 17.3 Å². The molecule has 27 heavy (non-hydrogen) atoms. The van der Waals surface area contributed by atoms with Crippen molar-refractivity contribution in [2.45, 2.75) is 38.1 Å². The summed E-state index contributed by atoms with van der Waals surface area (Å²) in [6.45, 7) is 1.19. The van der Waals surface area contributed by atoms with Crippen molar-refractivity contribution in [2.75, 3.05) is 26.0 Å². The van der Waals surface area contributed by atoms with Crippen molar-refractivity contribution in [3.63, 3.8) is 0 Å². The summed E-state index contributed by atoms with van der Waals surface area (Å²) in [5, 5.41) is 3.07. The predicted molar refractivity (Wildman–Crippen MR) is 113 cm³/mol. The van der Waals surface area contributed by atoms with E-state index in [1.165, 1.54) is 31.4 Å². The molecule has 1 N–H and O–H groups in total. The number of likely N-dealkylation sites (tertiary alicyclic amines) is 1. The molecular weight excluding hydrogens is 360 g/mol. The first-order valence-electron chi connectivity index (χ1n) is 9.41. The van der Waals surface area contributed by atoms with Gasteiger partial charge >= 0.3 is 0 Å². The molecule has 146 valence electrons. The van der Waals surface area contributed by atoms with Crippen LogP contribution < -0.4 is 10.1 Å². The zero-order chi connectivity index (χ0) is 18.4. The van der Waals surface area contributed by atoms with E-state index in [1.54, 1.807) is 19.2 Å². The van der Waals surface area contributed by atoms with Gasteiger partial charge in [0.05, 0.1) is 7.11 Å². The lowest BCUT2D eigenvalue weighted by molar-refractivity contribution is 0.102. The van der Waals surface area contributed by atoms with Crippen LogP contribution in [0.1, 0.15) is 41.6 Å². The average molecular weight is 389 g/mol. The number of rotatable bonds is 6. The van der Waals surface area contributed by atoms with Gasteiger partial charge in [0.1, 0.15) is 5.75 Å². The Hall–Kier alpha value is -2.04. The summed E-state index contributed by atoms with van der Waals surface area (Å²) >= 11 is 0. The Kier molecular flexibility index (Phi) is 8.14. The molecule has 2 aromatic carbocycles. The molecule has 1 unspecified atom stereocenters. The molecule has 1 aliphatic heterocycles. The minimum absolute atomic E-state index is 0. The number of methoxy groups -OCH3 is 1. The lowest BCUT2D eigenvalue weighted by Crippen LogP contribution is -2.36. The van der Waals surface area contributed by atoms with Gasteiger partial charge in [0.15, 0.2) is 0 Å². The lowest BCUT2D eigenvalue weighted by Gasteiger charge is -2.32. The van der Waals surface area contributed by atoms with Crippen molar-refractivity contribution < 1.29 is 9.53 Å². The van der Waals surface area contributed by atoms with E-state index in [0.29, 0.717) is 17.4 Å². The summed E-state index contributed by atoms with van der Waals surface area (Å²) in [5.41, 5.74) is 2.70. The fourth-order valence-corrected chi connectivity index (χ4v) is 3.65. The molecule has 0 spiro atoms. The van der Waals surface area contributed by atoms with Crippen LogP contribution >= 0.6 is 12.4 Å². The molecule has 1 fully saturated rings. The van der Waals surface area contributed by atoms with Crippen LogP contribution in [-0.4, -0.2) is 37.6 Å². The first-order valence-corrected chi connectivity index (χ1v) is 9.41. The zero-order valence-electron chi connectivity index (χ0n) is 16.1. The summed E-state index contributed by atoms with van der Waals surface area (Å²) < 4.78 is 5.21. The maximum Gasteiger partial charge on any atom is 0.255 e. The van der Waals surface area contributed by atoms with Crippen molar-refractivity contribution in [1.82, 2.24) is 4.90 Å². The quantitative estimate of drug-likeness (QED) is 0.773. The number of benzene rings is 2. The van der Waals surface area contributed by atoms with Gasteiger partial charge in [0.25, 0.3) is 5.91 Å². The summed E-state index contributed by atoms with van der Waals surface area (Å²) in [6.07, 6.45) is 6.00. The largest absolute Gasteiger partial charge is 0.497 e. The number of amides is 1. The van der Waals surface area contributed by atoms with Gasteiger partial charge in [-0.1, -0.05) is 30.7 Å². The van der Waals surface area contributed by atoms with E-state index in [4.69, 9.17) is 4.74 Å². The number of hydrogen-bond donors (Lipinski definition) is 1. The summed E-state index contributed by atoms with van der Waals surface area (Å²) in [6, 6.07) is 16.0. The molecule has 0 aromatic heterocycles. The summed E-state index contributed by atoms with van der Waals surface area (Å²) in [7, 11) is 3.83. The Morgan fingerprint density at radius 1 is 1.19 bits per heavy atom. The molecule has 2 aromatic rings. The van der Waals surface area contributed by atoms with E-state index in [1.807, 2.05) is 30.3 Å². The standard InChI is InChI=1S/C22H28N2O2.ClH/c1-24-15-6-5-10-19(24)14-13-17-8-3-4-12-21(17)23-22(25)18-9-7-11-20(16-18)26-2;/h3-4,7-9,11-12,16,19H,5-6,10,13-15H2,1-2H3,(H,23,25);1H. The fourth-order valence-electron chi connectivity index (χ4n) is 3.65. The van der Waals surface area contributed by atoms with E-state index < -0.39 is 0 Å². The Labute approximate surface area is 168 Å². The minimum atomic E-state index is -0.105. The van der Waals surface area contributed by atoms with E-state index in [0.717, 1.165) is 18.5 Å². The number of nitrogens with one attached hydrogen (secondary N) is 1. The van der Waals surface area contributed by atoms with Crippen molar-refractivity contribution in [3.8, 4) is 5.75 Å². The van der Waals surface area contributed by atoms with Gasteiger partial charge in [0.2, 0.25) is 0 Å². The third-order valence-electron chi connectivity index (χ3n) is 5.27. The van der Waals surface area contributed by atoms with Crippen molar-refractivity contribution in [1.29, 1.82) is 0 Å². The van der Waals surface area contributed by atoms with Crippen molar-refractivity contribution >= 4 is 24.0 Å². The number of hydrogen-bond acceptors (Lipinski definition) is 3. The number of carbonyl (C=O) groups is 1. The number of anilines is 1. The van der Waals surface area contributed by atoms with Gasteiger partial charge in [-0.15, -0.1) is 12.4 Å². The Morgan fingerprint density at radius 2 is 2.00 bits per heavy atom. The molecule has 0 saturated carbocycles. The van der Waals surface area contributed by atoms with Crippen LogP contribution in [0.4, 0.5) is 5.69 Å². The van der Waals surface area contributed by atoms with Gasteiger partial charge < -0.3 is 15.0 Å². The highest BCUT2D eigenvalue weighted by molar-refractivity contribution is 6.04. The summed E-state index contributed by atoms with van der Waals surface area (Å²) in [5.74, 6) is 0.581. The molecule has 5 heteroatoms. The molecule has 1 heterocycles. The number of nitrogens with zero attached hydrogens (tertiary/aromatic N) is 1. The normalized spacial score (nSPS) is 17.0. The molecule has 1 atom stereocenters. The second kappa shape index (κ2) is 10.3. The van der Waals surface area contributed by atoms with Crippen LogP contribution in [0.3, 0.4) is 0 Å². The zero-order valence-corrected chi connectivity index (χ0v) is 16.9. The second-order valence-electron chi connectivity index (χ2n) is 7.01. The first-order chi connectivity index (χ1) is 12.7. The van der Waals surface area contributed by atoms with Gasteiger partial charge in [-0.25, -0.2) is 0 Å². The number of piperidine rings is 1. The maximum atomic E-state index is 12.6. The SMILES string of the molecule is COc1cccc(C(=O)Nc2ccccc2CCC2CCCCN2C)c1.Cl. The second-order valence-corrected chi connectivity index (χ2v) is 7.01. The van der Waals surface area contributed by atoms with Gasteiger partial charge in [-0.05, 0) is 69.1 Å². The molecule has 3 rings (SSSR count). The van der Waals surface area contributed by atoms with Gasteiger partial charge in [-0.3, -0.25) is 4.79 Å². The summed E-state index contributed by atoms with van der Waals surface area (Å²) in [4.78, 5) is 15.1. The van der Waals surface area contributed by atoms with Crippen LogP contribution in [-0.2, 0) is 6.42 Å². The molecule has 0 radical (unpaired) electrons. The molecule has 0 bridgehead atoms. The van der Waals surface area contributed by atoms with Crippen LogP contribution in [0, 0.1) is 0 Å². The number of halogens is 1. The monoisotopic (exact) mass is 388 g/mol. The highest BCUT2D eigenvalue weighted by Gasteiger charge is 2.19. The third-order valence-corrected chi connectivity index (χ3v) is 5.27. The Morgan fingerprint density at radius 3 is 2.78 bits per heavy atom. The Balaban J connectivity index is 0.00000261.